The number of hydrogen-bond donors (Lipinski definition) is 3. The van der Waals surface area contributed by atoms with Crippen molar-refractivity contribution in [2.24, 2.45) is 0 Å². The van der Waals surface area contributed by atoms with E-state index in [2.05, 4.69) is 20.6 Å². The van der Waals surface area contributed by atoms with Gasteiger partial charge in [0, 0.05) is 24.1 Å². The lowest BCUT2D eigenvalue weighted by molar-refractivity contribution is 0.102. The fourth-order valence-electron chi connectivity index (χ4n) is 2.26. The van der Waals surface area contributed by atoms with E-state index in [9.17, 15) is 9.90 Å². The lowest BCUT2D eigenvalue weighted by atomic mass is 10.2. The lowest BCUT2D eigenvalue weighted by Gasteiger charge is -2.10. The molecule has 0 aliphatic rings. The van der Waals surface area contributed by atoms with Gasteiger partial charge in [-0.15, -0.1) is 0 Å². The third kappa shape index (κ3) is 4.29. The summed E-state index contributed by atoms with van der Waals surface area (Å²) in [6.45, 7) is -0.0840. The van der Waals surface area contributed by atoms with E-state index in [4.69, 9.17) is 23.2 Å². The topological polar surface area (TPSA) is 87.1 Å². The van der Waals surface area contributed by atoms with Gasteiger partial charge in [0.1, 0.15) is 11.6 Å². The van der Waals surface area contributed by atoms with Crippen molar-refractivity contribution >= 4 is 46.4 Å². The molecule has 0 unspecified atom stereocenters. The first kappa shape index (κ1) is 18.1. The van der Waals surface area contributed by atoms with Gasteiger partial charge < -0.3 is 15.7 Å². The van der Waals surface area contributed by atoms with E-state index in [0.29, 0.717) is 17.3 Å². The number of nitrogens with one attached hydrogen (secondary N) is 2. The molecular formula is C18H14Cl2N4O2. The number of rotatable bonds is 5. The Morgan fingerprint density at radius 3 is 2.35 bits per heavy atom. The summed E-state index contributed by atoms with van der Waals surface area (Å²) in [6, 6.07) is 11.6. The van der Waals surface area contributed by atoms with E-state index in [-0.39, 0.29) is 22.2 Å². The maximum absolute atomic E-state index is 12.4. The van der Waals surface area contributed by atoms with Crippen LogP contribution in [0.25, 0.3) is 0 Å². The Morgan fingerprint density at radius 1 is 1.00 bits per heavy atom. The maximum Gasteiger partial charge on any atom is 0.258 e. The van der Waals surface area contributed by atoms with Crippen LogP contribution in [-0.2, 0) is 6.61 Å². The largest absolute Gasteiger partial charge is 0.392 e. The van der Waals surface area contributed by atoms with E-state index in [1.54, 1.807) is 54.9 Å². The molecule has 0 aliphatic carbocycles. The number of aliphatic hydroxyl groups is 1. The second-order valence-corrected chi connectivity index (χ2v) is 6.13. The summed E-state index contributed by atoms with van der Waals surface area (Å²) in [5.41, 5.74) is 1.45. The number of pyridine rings is 2. The van der Waals surface area contributed by atoms with Gasteiger partial charge in [-0.3, -0.25) is 4.79 Å². The van der Waals surface area contributed by atoms with Crippen molar-refractivity contribution < 1.29 is 9.90 Å². The number of benzene rings is 1. The molecule has 1 amide bonds. The number of halogens is 2. The molecule has 3 aromatic rings. The second kappa shape index (κ2) is 8.14. The summed E-state index contributed by atoms with van der Waals surface area (Å²) in [7, 11) is 0. The van der Waals surface area contributed by atoms with E-state index < -0.39 is 5.91 Å². The van der Waals surface area contributed by atoms with Crippen LogP contribution in [0.2, 0.25) is 10.0 Å². The molecule has 0 saturated carbocycles. The number of carbonyl (C=O) groups excluding carboxylic acids is 1. The summed E-state index contributed by atoms with van der Waals surface area (Å²) in [5.74, 6) is 0.593. The summed E-state index contributed by atoms with van der Waals surface area (Å²) < 4.78 is 0. The highest BCUT2D eigenvalue weighted by molar-refractivity contribution is 6.40. The van der Waals surface area contributed by atoms with Crippen LogP contribution in [-0.4, -0.2) is 21.0 Å². The fourth-order valence-corrected chi connectivity index (χ4v) is 2.83. The Kier molecular flexibility index (Phi) is 5.68. The smallest absolute Gasteiger partial charge is 0.258 e. The zero-order valence-corrected chi connectivity index (χ0v) is 14.9. The van der Waals surface area contributed by atoms with Gasteiger partial charge in [0.2, 0.25) is 0 Å². The zero-order valence-electron chi connectivity index (χ0n) is 13.4. The maximum atomic E-state index is 12.4. The lowest BCUT2D eigenvalue weighted by Crippen LogP contribution is -2.13. The van der Waals surface area contributed by atoms with Gasteiger partial charge in [0.25, 0.3) is 5.91 Å². The molecule has 0 spiro atoms. The van der Waals surface area contributed by atoms with Crippen LogP contribution >= 0.6 is 23.2 Å². The fraction of sp³-hybridized carbons (Fsp3) is 0.0556. The van der Waals surface area contributed by atoms with Crippen molar-refractivity contribution in [3.8, 4) is 0 Å². The van der Waals surface area contributed by atoms with Crippen molar-refractivity contribution in [3.63, 3.8) is 0 Å². The minimum Gasteiger partial charge on any atom is -0.392 e. The number of hydrogen-bond acceptors (Lipinski definition) is 5. The van der Waals surface area contributed by atoms with Crippen LogP contribution in [0.1, 0.15) is 15.9 Å². The van der Waals surface area contributed by atoms with Crippen LogP contribution in [0.15, 0.2) is 54.9 Å². The Bertz CT molecular complexity index is 930. The third-order valence-corrected chi connectivity index (χ3v) is 4.10. The van der Waals surface area contributed by atoms with Crippen LogP contribution in [0.4, 0.5) is 17.3 Å². The predicted octanol–water partition coefficient (Wildman–Crippen LogP) is 4.27. The van der Waals surface area contributed by atoms with Crippen LogP contribution in [0.5, 0.6) is 0 Å². The van der Waals surface area contributed by atoms with Gasteiger partial charge in [-0.25, -0.2) is 9.97 Å². The molecule has 0 saturated heterocycles. The average Bonchev–Trinajstić information content (AvgIpc) is 2.62. The number of aromatic nitrogens is 2. The Labute approximate surface area is 159 Å². The number of carbonyl (C=O) groups is 1. The van der Waals surface area contributed by atoms with Gasteiger partial charge in [0.15, 0.2) is 0 Å². The molecule has 3 rings (SSSR count). The first-order chi connectivity index (χ1) is 12.6. The first-order valence-corrected chi connectivity index (χ1v) is 8.36. The second-order valence-electron chi connectivity index (χ2n) is 5.31. The number of amides is 1. The molecule has 132 valence electrons. The molecule has 8 heteroatoms. The minimum atomic E-state index is -0.418. The van der Waals surface area contributed by atoms with Crippen molar-refractivity contribution in [2.45, 2.75) is 6.61 Å². The van der Waals surface area contributed by atoms with Crippen molar-refractivity contribution in [1.82, 2.24) is 9.97 Å². The van der Waals surface area contributed by atoms with Crippen molar-refractivity contribution in [2.75, 3.05) is 10.6 Å². The van der Waals surface area contributed by atoms with Gasteiger partial charge in [-0.2, -0.15) is 0 Å². The Balaban J connectivity index is 1.78. The number of anilines is 3. The van der Waals surface area contributed by atoms with E-state index in [1.807, 2.05) is 0 Å². The highest BCUT2D eigenvalue weighted by atomic mass is 35.5. The summed E-state index contributed by atoms with van der Waals surface area (Å²) in [6.07, 6.45) is 3.13. The van der Waals surface area contributed by atoms with Crippen LogP contribution in [0.3, 0.4) is 0 Å². The quantitative estimate of drug-likeness (QED) is 0.607. The minimum absolute atomic E-state index is 0.0840. The molecule has 6 nitrogen and oxygen atoms in total. The molecule has 26 heavy (non-hydrogen) atoms. The number of nitrogens with zero attached hydrogens (tertiary/aromatic N) is 2. The predicted molar refractivity (Wildman–Crippen MR) is 102 cm³/mol. The highest BCUT2D eigenvalue weighted by Crippen LogP contribution is 2.25. The standard InChI is InChI=1S/C18H14Cl2N4O2/c19-13-2-1-3-14(20)17(13)18(26)23-12-5-7-22-16(9-12)24-15-8-11(10-25)4-6-21-15/h1-9,25H,10H2,(H2,21,22,23,24,26). The molecular weight excluding hydrogens is 375 g/mol. The van der Waals surface area contributed by atoms with Gasteiger partial charge in [-0.1, -0.05) is 29.3 Å². The molecule has 2 heterocycles. The van der Waals surface area contributed by atoms with Crippen molar-refractivity contribution in [3.05, 3.63) is 76.0 Å². The van der Waals surface area contributed by atoms with Gasteiger partial charge >= 0.3 is 0 Å². The molecule has 2 aromatic heterocycles. The van der Waals surface area contributed by atoms with E-state index in [0.717, 1.165) is 5.56 Å². The van der Waals surface area contributed by atoms with Gasteiger partial charge in [-0.05, 0) is 35.9 Å². The van der Waals surface area contributed by atoms with Gasteiger partial charge in [0.05, 0.1) is 22.2 Å². The van der Waals surface area contributed by atoms with Crippen LogP contribution < -0.4 is 10.6 Å². The molecule has 3 N–H and O–H groups in total. The van der Waals surface area contributed by atoms with E-state index in [1.165, 1.54) is 0 Å². The molecule has 0 aliphatic heterocycles. The molecule has 1 aromatic carbocycles. The summed E-state index contributed by atoms with van der Waals surface area (Å²) in [5, 5.41) is 15.5. The monoisotopic (exact) mass is 388 g/mol. The van der Waals surface area contributed by atoms with E-state index >= 15 is 0 Å². The Hall–Kier alpha value is -2.67. The summed E-state index contributed by atoms with van der Waals surface area (Å²) in [4.78, 5) is 20.8. The highest BCUT2D eigenvalue weighted by Gasteiger charge is 2.15. The van der Waals surface area contributed by atoms with Crippen molar-refractivity contribution in [1.29, 1.82) is 0 Å². The Morgan fingerprint density at radius 2 is 1.65 bits per heavy atom. The third-order valence-electron chi connectivity index (χ3n) is 3.47. The SMILES string of the molecule is O=C(Nc1ccnc(Nc2cc(CO)ccn2)c1)c1c(Cl)cccc1Cl. The zero-order chi connectivity index (χ0) is 18.5. The number of aliphatic hydroxyl groups excluding tert-OH is 1. The average molecular weight is 389 g/mol. The molecule has 0 bridgehead atoms. The first-order valence-electron chi connectivity index (χ1n) is 7.61. The van der Waals surface area contributed by atoms with Crippen LogP contribution in [0, 0.1) is 0 Å². The normalized spacial score (nSPS) is 10.4. The molecule has 0 atom stereocenters. The molecule has 0 radical (unpaired) electrons. The summed E-state index contributed by atoms with van der Waals surface area (Å²) >= 11 is 12.1. The molecule has 0 fully saturated rings.